The zero-order valence-electron chi connectivity index (χ0n) is 8.27. The molecule has 0 atom stereocenters. The molecule has 2 N–H and O–H groups in total. The van der Waals surface area contributed by atoms with Crippen LogP contribution in [0.1, 0.15) is 4.88 Å². The molecular formula is C9H11BrN4S. The second-order valence-corrected chi connectivity index (χ2v) is 5.28. The molecule has 2 aromatic heterocycles. The summed E-state index contributed by atoms with van der Waals surface area (Å²) in [6, 6.07) is 2.07. The maximum absolute atomic E-state index is 5.44. The van der Waals surface area contributed by atoms with Gasteiger partial charge in [0.2, 0.25) is 0 Å². The Bertz CT molecular complexity index is 443. The molecule has 0 unspecified atom stereocenters. The van der Waals surface area contributed by atoms with Gasteiger partial charge in [0.25, 0.3) is 0 Å². The standard InChI is InChI=1S/C9H11BrN4S/c1-6-7(10)4-9(15-6)8-5-14(3-2-11)13-12-8/h4-5H,2-3,11H2,1H3. The second kappa shape index (κ2) is 4.42. The number of rotatable bonds is 3. The van der Waals surface area contributed by atoms with Crippen molar-refractivity contribution in [1.29, 1.82) is 0 Å². The van der Waals surface area contributed by atoms with Crippen LogP contribution >= 0.6 is 27.3 Å². The van der Waals surface area contributed by atoms with E-state index in [9.17, 15) is 0 Å². The summed E-state index contributed by atoms with van der Waals surface area (Å²) >= 11 is 5.19. The molecule has 80 valence electrons. The Balaban J connectivity index is 2.28. The predicted octanol–water partition coefficient (Wildman–Crippen LogP) is 2.04. The Morgan fingerprint density at radius 2 is 2.40 bits per heavy atom. The van der Waals surface area contributed by atoms with Gasteiger partial charge in [-0.3, -0.25) is 4.68 Å². The molecule has 0 saturated carbocycles. The second-order valence-electron chi connectivity index (χ2n) is 3.17. The number of hydrogen-bond donors (Lipinski definition) is 1. The lowest BCUT2D eigenvalue weighted by molar-refractivity contribution is 0.598. The number of nitrogens with zero attached hydrogens (tertiary/aromatic N) is 3. The van der Waals surface area contributed by atoms with Crippen LogP contribution < -0.4 is 5.73 Å². The fraction of sp³-hybridized carbons (Fsp3) is 0.333. The molecule has 15 heavy (non-hydrogen) atoms. The third-order valence-electron chi connectivity index (χ3n) is 2.01. The van der Waals surface area contributed by atoms with Crippen molar-refractivity contribution >= 4 is 27.3 Å². The van der Waals surface area contributed by atoms with Gasteiger partial charge in [0.05, 0.1) is 17.6 Å². The van der Waals surface area contributed by atoms with Crippen LogP contribution in [-0.4, -0.2) is 21.5 Å². The highest BCUT2D eigenvalue weighted by Crippen LogP contribution is 2.32. The summed E-state index contributed by atoms with van der Waals surface area (Å²) in [5.41, 5.74) is 6.35. The van der Waals surface area contributed by atoms with Gasteiger partial charge >= 0.3 is 0 Å². The summed E-state index contributed by atoms with van der Waals surface area (Å²) in [4.78, 5) is 2.38. The van der Waals surface area contributed by atoms with Gasteiger partial charge in [-0.15, -0.1) is 16.4 Å². The molecule has 0 spiro atoms. The molecule has 0 amide bonds. The maximum Gasteiger partial charge on any atom is 0.123 e. The molecule has 0 radical (unpaired) electrons. The zero-order valence-corrected chi connectivity index (χ0v) is 10.7. The van der Waals surface area contributed by atoms with Crippen molar-refractivity contribution in [1.82, 2.24) is 15.0 Å². The van der Waals surface area contributed by atoms with E-state index in [1.807, 2.05) is 6.20 Å². The highest BCUT2D eigenvalue weighted by Gasteiger charge is 2.08. The highest BCUT2D eigenvalue weighted by molar-refractivity contribution is 9.10. The summed E-state index contributed by atoms with van der Waals surface area (Å²) in [6.07, 6.45) is 1.92. The lowest BCUT2D eigenvalue weighted by Gasteiger charge is -1.92. The Labute approximate surface area is 100 Å². The van der Waals surface area contributed by atoms with Crippen LogP contribution in [0.2, 0.25) is 0 Å². The molecule has 2 aromatic rings. The average molecular weight is 287 g/mol. The number of thiophene rings is 1. The van der Waals surface area contributed by atoms with Crippen molar-refractivity contribution in [3.05, 3.63) is 21.6 Å². The van der Waals surface area contributed by atoms with Crippen molar-refractivity contribution < 1.29 is 0 Å². The molecule has 6 heteroatoms. The third kappa shape index (κ3) is 2.27. The molecule has 0 saturated heterocycles. The molecule has 0 aromatic carbocycles. The molecule has 0 fully saturated rings. The van der Waals surface area contributed by atoms with E-state index in [4.69, 9.17) is 5.73 Å². The van der Waals surface area contributed by atoms with E-state index in [1.165, 1.54) is 4.88 Å². The number of aryl methyl sites for hydroxylation is 1. The third-order valence-corrected chi connectivity index (χ3v) is 4.17. The minimum absolute atomic E-state index is 0.579. The Kier molecular flexibility index (Phi) is 3.18. The van der Waals surface area contributed by atoms with Gasteiger partial charge in [-0.2, -0.15) is 0 Å². The molecular weight excluding hydrogens is 276 g/mol. The van der Waals surface area contributed by atoms with E-state index >= 15 is 0 Å². The lowest BCUT2D eigenvalue weighted by Crippen LogP contribution is -2.10. The van der Waals surface area contributed by atoms with Gasteiger partial charge in [-0.05, 0) is 28.9 Å². The van der Waals surface area contributed by atoms with Crippen molar-refractivity contribution in [3.8, 4) is 10.6 Å². The van der Waals surface area contributed by atoms with Crippen LogP contribution in [0.25, 0.3) is 10.6 Å². The van der Waals surface area contributed by atoms with Gasteiger partial charge in [0.15, 0.2) is 0 Å². The Hall–Kier alpha value is -0.720. The van der Waals surface area contributed by atoms with E-state index in [0.717, 1.165) is 15.0 Å². The molecule has 0 aliphatic carbocycles. The van der Waals surface area contributed by atoms with Gasteiger partial charge < -0.3 is 5.73 Å². The molecule has 0 aliphatic rings. The van der Waals surface area contributed by atoms with Crippen LogP contribution in [-0.2, 0) is 6.54 Å². The largest absolute Gasteiger partial charge is 0.329 e. The Morgan fingerprint density at radius 1 is 1.60 bits per heavy atom. The first-order valence-electron chi connectivity index (χ1n) is 4.57. The van der Waals surface area contributed by atoms with E-state index in [2.05, 4.69) is 39.2 Å². The van der Waals surface area contributed by atoms with E-state index in [1.54, 1.807) is 16.0 Å². The SMILES string of the molecule is Cc1sc(-c2cn(CCN)nn2)cc1Br. The number of nitrogens with two attached hydrogens (primary N) is 1. The first kappa shape index (κ1) is 10.8. The molecule has 0 bridgehead atoms. The summed E-state index contributed by atoms with van der Waals surface area (Å²) in [5, 5.41) is 8.11. The first-order valence-corrected chi connectivity index (χ1v) is 6.18. The number of aromatic nitrogens is 3. The van der Waals surface area contributed by atoms with E-state index in [-0.39, 0.29) is 0 Å². The van der Waals surface area contributed by atoms with Crippen LogP contribution in [0.5, 0.6) is 0 Å². The van der Waals surface area contributed by atoms with Gasteiger partial charge in [0, 0.05) is 15.9 Å². The predicted molar refractivity (Wildman–Crippen MR) is 64.8 cm³/mol. The Morgan fingerprint density at radius 3 is 3.00 bits per heavy atom. The van der Waals surface area contributed by atoms with Crippen LogP contribution in [0, 0.1) is 6.92 Å². The quantitative estimate of drug-likeness (QED) is 0.939. The fourth-order valence-electron chi connectivity index (χ4n) is 1.24. The van der Waals surface area contributed by atoms with E-state index < -0.39 is 0 Å². The average Bonchev–Trinajstić information content (AvgIpc) is 2.76. The van der Waals surface area contributed by atoms with Gasteiger partial charge in [-0.25, -0.2) is 0 Å². The van der Waals surface area contributed by atoms with Gasteiger partial charge in [0.1, 0.15) is 5.69 Å². The minimum atomic E-state index is 0.579. The zero-order chi connectivity index (χ0) is 10.8. The normalized spacial score (nSPS) is 10.9. The topological polar surface area (TPSA) is 56.7 Å². The van der Waals surface area contributed by atoms with Crippen molar-refractivity contribution in [2.45, 2.75) is 13.5 Å². The molecule has 4 nitrogen and oxygen atoms in total. The lowest BCUT2D eigenvalue weighted by atomic mass is 10.3. The molecule has 0 aliphatic heterocycles. The van der Waals surface area contributed by atoms with Crippen LogP contribution in [0.15, 0.2) is 16.7 Å². The van der Waals surface area contributed by atoms with Crippen molar-refractivity contribution in [2.75, 3.05) is 6.54 Å². The summed E-state index contributed by atoms with van der Waals surface area (Å²) < 4.78 is 2.88. The maximum atomic E-state index is 5.44. The number of hydrogen-bond acceptors (Lipinski definition) is 4. The summed E-state index contributed by atoms with van der Waals surface area (Å²) in [7, 11) is 0. The highest BCUT2D eigenvalue weighted by atomic mass is 79.9. The minimum Gasteiger partial charge on any atom is -0.329 e. The van der Waals surface area contributed by atoms with E-state index in [0.29, 0.717) is 13.1 Å². The first-order chi connectivity index (χ1) is 7.20. The smallest absolute Gasteiger partial charge is 0.123 e. The summed E-state index contributed by atoms with van der Waals surface area (Å²) in [5.74, 6) is 0. The molecule has 2 heterocycles. The molecule has 2 rings (SSSR count). The monoisotopic (exact) mass is 286 g/mol. The van der Waals surface area contributed by atoms with Gasteiger partial charge in [-0.1, -0.05) is 5.21 Å². The fourth-order valence-corrected chi connectivity index (χ4v) is 2.72. The number of halogens is 1. The van der Waals surface area contributed by atoms with Crippen LogP contribution in [0.3, 0.4) is 0 Å². The summed E-state index contributed by atoms with van der Waals surface area (Å²) in [6.45, 7) is 3.36. The van der Waals surface area contributed by atoms with Crippen molar-refractivity contribution in [3.63, 3.8) is 0 Å². The van der Waals surface area contributed by atoms with Crippen LogP contribution in [0.4, 0.5) is 0 Å². The van der Waals surface area contributed by atoms with Crippen molar-refractivity contribution in [2.24, 2.45) is 5.73 Å².